The molecule has 3 aromatic rings. The summed E-state index contributed by atoms with van der Waals surface area (Å²) in [6.07, 6.45) is 1.05. The van der Waals surface area contributed by atoms with Gasteiger partial charge in [0.15, 0.2) is 0 Å². The van der Waals surface area contributed by atoms with Crippen LogP contribution in [0.2, 0.25) is 0 Å². The van der Waals surface area contributed by atoms with E-state index in [1.54, 1.807) is 23.1 Å². The van der Waals surface area contributed by atoms with E-state index in [0.717, 1.165) is 5.56 Å². The molecule has 0 spiro atoms. The van der Waals surface area contributed by atoms with Crippen molar-refractivity contribution in [3.63, 3.8) is 0 Å². The van der Waals surface area contributed by atoms with Crippen LogP contribution in [0.5, 0.6) is 0 Å². The lowest BCUT2D eigenvalue weighted by Crippen LogP contribution is -2.42. The molecule has 31 heavy (non-hydrogen) atoms. The first-order chi connectivity index (χ1) is 14.9. The van der Waals surface area contributed by atoms with Crippen LogP contribution < -0.4 is 5.73 Å². The highest BCUT2D eigenvalue weighted by molar-refractivity contribution is 5.94. The summed E-state index contributed by atoms with van der Waals surface area (Å²) in [4.78, 5) is 37.0. The van der Waals surface area contributed by atoms with E-state index >= 15 is 0 Å². The molecule has 2 N–H and O–H groups in total. The number of primary amides is 1. The van der Waals surface area contributed by atoms with Gasteiger partial charge < -0.3 is 10.6 Å². The van der Waals surface area contributed by atoms with Crippen molar-refractivity contribution in [2.24, 2.45) is 11.7 Å². The van der Waals surface area contributed by atoms with Gasteiger partial charge in [-0.05, 0) is 31.0 Å². The number of carbonyl (C=O) groups excluding carboxylic acids is 2. The van der Waals surface area contributed by atoms with Crippen molar-refractivity contribution >= 4 is 17.5 Å². The molecule has 4 rings (SSSR count). The molecule has 0 saturated carbocycles. The molecule has 0 unspecified atom stereocenters. The van der Waals surface area contributed by atoms with E-state index < -0.39 is 4.92 Å². The average Bonchev–Trinajstić information content (AvgIpc) is 3.25. The van der Waals surface area contributed by atoms with Gasteiger partial charge in [-0.15, -0.1) is 0 Å². The largest absolute Gasteiger partial charge is 0.369 e. The van der Waals surface area contributed by atoms with Gasteiger partial charge in [-0.2, -0.15) is 5.10 Å². The SMILES string of the molecule is NC(=O)C1CCN(C(=O)c2cc(-c3ccccc3)nn2-c2ccc([N+](=O)[O-])cc2)CC1. The number of non-ortho nitro benzene ring substituents is 1. The van der Waals surface area contributed by atoms with Crippen LogP contribution in [0, 0.1) is 16.0 Å². The van der Waals surface area contributed by atoms with Crippen LogP contribution in [0.15, 0.2) is 60.7 Å². The number of likely N-dealkylation sites (tertiary alicyclic amines) is 1. The van der Waals surface area contributed by atoms with Crippen LogP contribution in [0.25, 0.3) is 16.9 Å². The second-order valence-corrected chi connectivity index (χ2v) is 7.43. The van der Waals surface area contributed by atoms with E-state index in [-0.39, 0.29) is 23.4 Å². The molecule has 1 aliphatic heterocycles. The quantitative estimate of drug-likeness (QED) is 0.503. The third-order valence-electron chi connectivity index (χ3n) is 5.49. The molecule has 2 amide bonds. The van der Waals surface area contributed by atoms with Crippen LogP contribution >= 0.6 is 0 Å². The molecule has 0 atom stereocenters. The molecule has 1 saturated heterocycles. The summed E-state index contributed by atoms with van der Waals surface area (Å²) in [7, 11) is 0. The molecule has 158 valence electrons. The number of nitrogens with two attached hydrogens (primary N) is 1. The first kappa shape index (κ1) is 20.3. The Morgan fingerprint density at radius 2 is 1.68 bits per heavy atom. The normalized spacial score (nSPS) is 14.4. The maximum Gasteiger partial charge on any atom is 0.272 e. The number of nitro benzene ring substituents is 1. The zero-order valence-electron chi connectivity index (χ0n) is 16.7. The smallest absolute Gasteiger partial charge is 0.272 e. The minimum Gasteiger partial charge on any atom is -0.369 e. The van der Waals surface area contributed by atoms with Gasteiger partial charge in [0.25, 0.3) is 11.6 Å². The Hall–Kier alpha value is -4.01. The van der Waals surface area contributed by atoms with Crippen molar-refractivity contribution < 1.29 is 14.5 Å². The first-order valence-corrected chi connectivity index (χ1v) is 9.93. The van der Waals surface area contributed by atoms with E-state index in [1.807, 2.05) is 30.3 Å². The monoisotopic (exact) mass is 419 g/mol. The van der Waals surface area contributed by atoms with Crippen molar-refractivity contribution in [1.29, 1.82) is 0 Å². The molecule has 0 aliphatic carbocycles. The van der Waals surface area contributed by atoms with Crippen molar-refractivity contribution in [3.05, 3.63) is 76.5 Å². The lowest BCUT2D eigenvalue weighted by molar-refractivity contribution is -0.384. The summed E-state index contributed by atoms with van der Waals surface area (Å²) in [6, 6.07) is 17.1. The molecular weight excluding hydrogens is 398 g/mol. The van der Waals surface area contributed by atoms with Crippen molar-refractivity contribution in [1.82, 2.24) is 14.7 Å². The number of nitrogens with zero attached hydrogens (tertiary/aromatic N) is 4. The zero-order chi connectivity index (χ0) is 22.0. The van der Waals surface area contributed by atoms with Gasteiger partial charge in [0.05, 0.1) is 16.3 Å². The second kappa shape index (κ2) is 8.39. The fraction of sp³-hybridized carbons (Fsp3) is 0.227. The molecule has 1 aromatic heterocycles. The molecule has 0 radical (unpaired) electrons. The Balaban J connectivity index is 1.70. The molecule has 9 heteroatoms. The number of piperidine rings is 1. The minimum absolute atomic E-state index is 0.0411. The third kappa shape index (κ3) is 4.16. The Kier molecular flexibility index (Phi) is 5.48. The lowest BCUT2D eigenvalue weighted by atomic mass is 9.96. The first-order valence-electron chi connectivity index (χ1n) is 9.93. The highest BCUT2D eigenvalue weighted by Gasteiger charge is 2.29. The maximum absolute atomic E-state index is 13.3. The summed E-state index contributed by atoms with van der Waals surface area (Å²) in [5, 5.41) is 15.6. The number of benzene rings is 2. The Bertz CT molecular complexity index is 1120. The van der Waals surface area contributed by atoms with Gasteiger partial charge >= 0.3 is 0 Å². The molecule has 1 fully saturated rings. The van der Waals surface area contributed by atoms with Gasteiger partial charge in [-0.1, -0.05) is 30.3 Å². The average molecular weight is 419 g/mol. The standard InChI is InChI=1S/C22H21N5O4/c23-21(28)16-10-12-25(13-11-16)22(29)20-14-19(15-4-2-1-3-5-15)24-26(20)17-6-8-18(9-7-17)27(30)31/h1-9,14,16H,10-13H2,(H2,23,28). The fourth-order valence-electron chi connectivity index (χ4n) is 3.72. The predicted molar refractivity (Wildman–Crippen MR) is 113 cm³/mol. The number of aromatic nitrogens is 2. The highest BCUT2D eigenvalue weighted by atomic mass is 16.6. The van der Waals surface area contributed by atoms with Gasteiger partial charge in [0.2, 0.25) is 5.91 Å². The van der Waals surface area contributed by atoms with E-state index in [1.165, 1.54) is 16.8 Å². The summed E-state index contributed by atoms with van der Waals surface area (Å²) in [6.45, 7) is 0.858. The third-order valence-corrected chi connectivity index (χ3v) is 5.49. The van der Waals surface area contributed by atoms with Crippen LogP contribution in [-0.2, 0) is 4.79 Å². The highest BCUT2D eigenvalue weighted by Crippen LogP contribution is 2.25. The van der Waals surface area contributed by atoms with E-state index in [9.17, 15) is 19.7 Å². The number of carbonyl (C=O) groups is 2. The topological polar surface area (TPSA) is 124 Å². The summed E-state index contributed by atoms with van der Waals surface area (Å²) in [5.74, 6) is -0.770. The lowest BCUT2D eigenvalue weighted by Gasteiger charge is -2.30. The van der Waals surface area contributed by atoms with Gasteiger partial charge in [-0.25, -0.2) is 4.68 Å². The second-order valence-electron chi connectivity index (χ2n) is 7.43. The van der Waals surface area contributed by atoms with Crippen LogP contribution in [0.3, 0.4) is 0 Å². The number of nitro groups is 1. The molecule has 2 heterocycles. The van der Waals surface area contributed by atoms with Crippen LogP contribution in [0.1, 0.15) is 23.3 Å². The van der Waals surface area contributed by atoms with Crippen molar-refractivity contribution in [2.45, 2.75) is 12.8 Å². The predicted octanol–water partition coefficient (Wildman–Crippen LogP) is 2.79. The fourth-order valence-corrected chi connectivity index (χ4v) is 3.72. The van der Waals surface area contributed by atoms with Gasteiger partial charge in [0, 0.05) is 36.7 Å². The molecule has 9 nitrogen and oxygen atoms in total. The van der Waals surface area contributed by atoms with E-state index in [0.29, 0.717) is 43.0 Å². The van der Waals surface area contributed by atoms with Crippen LogP contribution in [0.4, 0.5) is 5.69 Å². The minimum atomic E-state index is -0.475. The van der Waals surface area contributed by atoms with Gasteiger partial charge in [-0.3, -0.25) is 19.7 Å². The summed E-state index contributed by atoms with van der Waals surface area (Å²) >= 11 is 0. The van der Waals surface area contributed by atoms with Crippen molar-refractivity contribution in [2.75, 3.05) is 13.1 Å². The van der Waals surface area contributed by atoms with E-state index in [4.69, 9.17) is 5.73 Å². The van der Waals surface area contributed by atoms with E-state index in [2.05, 4.69) is 5.10 Å². The molecule has 0 bridgehead atoms. The number of hydrogen-bond acceptors (Lipinski definition) is 5. The maximum atomic E-state index is 13.3. The summed E-state index contributed by atoms with van der Waals surface area (Å²) in [5.41, 5.74) is 7.72. The number of hydrogen-bond donors (Lipinski definition) is 1. The van der Waals surface area contributed by atoms with Crippen LogP contribution in [-0.4, -0.2) is 44.5 Å². The Labute approximate surface area is 178 Å². The number of rotatable bonds is 5. The Morgan fingerprint density at radius 3 is 2.26 bits per heavy atom. The number of amides is 2. The van der Waals surface area contributed by atoms with Crippen molar-refractivity contribution in [3.8, 4) is 16.9 Å². The Morgan fingerprint density at radius 1 is 1.03 bits per heavy atom. The van der Waals surface area contributed by atoms with Gasteiger partial charge in [0.1, 0.15) is 5.69 Å². The summed E-state index contributed by atoms with van der Waals surface area (Å²) < 4.78 is 1.51. The zero-order valence-corrected chi connectivity index (χ0v) is 16.7. The molecular formula is C22H21N5O4. The molecule has 1 aliphatic rings. The molecule has 2 aromatic carbocycles.